The van der Waals surface area contributed by atoms with Gasteiger partial charge in [0.1, 0.15) is 5.75 Å². The highest BCUT2D eigenvalue weighted by atomic mass is 16.5. The molecule has 0 fully saturated rings. The minimum atomic E-state index is -0.00966. The molecule has 0 aliphatic carbocycles. The molecule has 0 saturated heterocycles. The summed E-state index contributed by atoms with van der Waals surface area (Å²) in [5, 5.41) is 2.91. The average molecular weight is 360 g/mol. The van der Waals surface area contributed by atoms with Gasteiger partial charge in [-0.05, 0) is 53.9 Å². The molecule has 0 unspecified atom stereocenters. The van der Waals surface area contributed by atoms with E-state index in [2.05, 4.69) is 17.4 Å². The maximum absolute atomic E-state index is 12.1. The third-order valence-electron chi connectivity index (χ3n) is 4.26. The van der Waals surface area contributed by atoms with E-state index in [1.165, 1.54) is 5.56 Å². The van der Waals surface area contributed by atoms with E-state index in [0.29, 0.717) is 19.4 Å². The molecule has 4 nitrogen and oxygen atoms in total. The SMILES string of the molecule is Nc1ccc(CCC(=O)Nc2ccc(OCCc3ccccc3)cc2)cc1. The van der Waals surface area contributed by atoms with Crippen LogP contribution in [0.15, 0.2) is 78.9 Å². The first kappa shape index (κ1) is 18.5. The number of benzene rings is 3. The molecule has 0 spiro atoms. The Balaban J connectivity index is 1.41. The largest absolute Gasteiger partial charge is 0.493 e. The lowest BCUT2D eigenvalue weighted by Gasteiger charge is -2.09. The fourth-order valence-electron chi connectivity index (χ4n) is 2.73. The second-order valence-electron chi connectivity index (χ2n) is 6.40. The molecule has 3 N–H and O–H groups in total. The van der Waals surface area contributed by atoms with E-state index in [4.69, 9.17) is 10.5 Å². The van der Waals surface area contributed by atoms with Gasteiger partial charge in [-0.3, -0.25) is 4.79 Å². The van der Waals surface area contributed by atoms with Crippen molar-refractivity contribution in [3.05, 3.63) is 90.0 Å². The van der Waals surface area contributed by atoms with Crippen molar-refractivity contribution in [2.75, 3.05) is 17.7 Å². The van der Waals surface area contributed by atoms with Crippen molar-refractivity contribution < 1.29 is 9.53 Å². The number of ether oxygens (including phenoxy) is 1. The van der Waals surface area contributed by atoms with Gasteiger partial charge in [0.2, 0.25) is 5.91 Å². The van der Waals surface area contributed by atoms with Crippen LogP contribution in [0.5, 0.6) is 5.75 Å². The van der Waals surface area contributed by atoms with Gasteiger partial charge in [-0.2, -0.15) is 0 Å². The Labute approximate surface area is 160 Å². The van der Waals surface area contributed by atoms with Crippen LogP contribution in [-0.2, 0) is 17.6 Å². The smallest absolute Gasteiger partial charge is 0.224 e. The molecule has 0 saturated carbocycles. The van der Waals surface area contributed by atoms with Crippen LogP contribution in [0.3, 0.4) is 0 Å². The van der Waals surface area contributed by atoms with E-state index in [9.17, 15) is 4.79 Å². The van der Waals surface area contributed by atoms with Gasteiger partial charge in [-0.1, -0.05) is 42.5 Å². The number of hydrogen-bond acceptors (Lipinski definition) is 3. The predicted molar refractivity (Wildman–Crippen MR) is 110 cm³/mol. The summed E-state index contributed by atoms with van der Waals surface area (Å²) in [4.78, 5) is 12.1. The van der Waals surface area contributed by atoms with Crippen LogP contribution in [0.4, 0.5) is 11.4 Å². The van der Waals surface area contributed by atoms with Crippen molar-refractivity contribution in [1.82, 2.24) is 0 Å². The zero-order chi connectivity index (χ0) is 18.9. The van der Waals surface area contributed by atoms with E-state index in [0.717, 1.165) is 29.1 Å². The van der Waals surface area contributed by atoms with E-state index in [1.54, 1.807) is 0 Å². The Bertz CT molecular complexity index is 844. The number of carbonyl (C=O) groups is 1. The highest BCUT2D eigenvalue weighted by molar-refractivity contribution is 5.90. The van der Waals surface area contributed by atoms with Gasteiger partial charge >= 0.3 is 0 Å². The maximum atomic E-state index is 12.1. The first-order valence-electron chi connectivity index (χ1n) is 9.10. The molecular weight excluding hydrogens is 336 g/mol. The number of rotatable bonds is 8. The molecule has 0 aromatic heterocycles. The lowest BCUT2D eigenvalue weighted by atomic mass is 10.1. The normalized spacial score (nSPS) is 10.4. The minimum absolute atomic E-state index is 0.00966. The quantitative estimate of drug-likeness (QED) is 0.583. The molecule has 0 atom stereocenters. The molecule has 0 aliphatic rings. The monoisotopic (exact) mass is 360 g/mol. The van der Waals surface area contributed by atoms with Crippen molar-refractivity contribution in [1.29, 1.82) is 0 Å². The number of carbonyl (C=O) groups excluding carboxylic acids is 1. The van der Waals surface area contributed by atoms with E-state index in [-0.39, 0.29) is 5.91 Å². The average Bonchev–Trinajstić information content (AvgIpc) is 2.70. The van der Waals surface area contributed by atoms with Crippen LogP contribution < -0.4 is 15.8 Å². The Morgan fingerprint density at radius 2 is 1.48 bits per heavy atom. The molecular formula is C23H24N2O2. The van der Waals surface area contributed by atoms with Crippen molar-refractivity contribution in [2.24, 2.45) is 0 Å². The van der Waals surface area contributed by atoms with Gasteiger partial charge in [0.25, 0.3) is 0 Å². The molecule has 3 rings (SSSR count). The third kappa shape index (κ3) is 6.19. The van der Waals surface area contributed by atoms with Gasteiger partial charge in [-0.25, -0.2) is 0 Å². The van der Waals surface area contributed by atoms with Crippen LogP contribution in [0, 0.1) is 0 Å². The number of anilines is 2. The molecule has 3 aromatic rings. The number of amides is 1. The summed E-state index contributed by atoms with van der Waals surface area (Å²) in [7, 11) is 0. The molecule has 4 heteroatoms. The number of nitrogens with one attached hydrogen (secondary N) is 1. The first-order chi connectivity index (χ1) is 13.2. The van der Waals surface area contributed by atoms with E-state index < -0.39 is 0 Å². The lowest BCUT2D eigenvalue weighted by Crippen LogP contribution is -2.12. The third-order valence-corrected chi connectivity index (χ3v) is 4.26. The molecule has 0 radical (unpaired) electrons. The maximum Gasteiger partial charge on any atom is 0.224 e. The van der Waals surface area contributed by atoms with Crippen molar-refractivity contribution >= 4 is 17.3 Å². The van der Waals surface area contributed by atoms with Crippen molar-refractivity contribution in [3.8, 4) is 5.75 Å². The summed E-state index contributed by atoms with van der Waals surface area (Å²) < 4.78 is 5.76. The Morgan fingerprint density at radius 1 is 0.815 bits per heavy atom. The Hall–Kier alpha value is -3.27. The lowest BCUT2D eigenvalue weighted by molar-refractivity contribution is -0.116. The minimum Gasteiger partial charge on any atom is -0.493 e. The van der Waals surface area contributed by atoms with Gasteiger partial charge in [-0.15, -0.1) is 0 Å². The topological polar surface area (TPSA) is 64.4 Å². The highest BCUT2D eigenvalue weighted by Gasteiger charge is 2.04. The molecule has 3 aromatic carbocycles. The summed E-state index contributed by atoms with van der Waals surface area (Å²) in [5.74, 6) is 0.787. The van der Waals surface area contributed by atoms with Gasteiger partial charge < -0.3 is 15.8 Å². The second-order valence-corrected chi connectivity index (χ2v) is 6.40. The van der Waals surface area contributed by atoms with Gasteiger partial charge in [0.15, 0.2) is 0 Å². The molecule has 1 amide bonds. The van der Waals surface area contributed by atoms with Crippen LogP contribution in [0.1, 0.15) is 17.5 Å². The molecule has 138 valence electrons. The second kappa shape index (κ2) is 9.43. The zero-order valence-corrected chi connectivity index (χ0v) is 15.2. The summed E-state index contributed by atoms with van der Waals surface area (Å²) in [6, 6.07) is 25.3. The fraction of sp³-hybridized carbons (Fsp3) is 0.174. The number of nitrogen functional groups attached to an aromatic ring is 1. The summed E-state index contributed by atoms with van der Waals surface area (Å²) >= 11 is 0. The van der Waals surface area contributed by atoms with Gasteiger partial charge in [0, 0.05) is 24.2 Å². The standard InChI is InChI=1S/C23H24N2O2/c24-20-9-6-19(7-10-20)8-15-23(26)25-21-11-13-22(14-12-21)27-17-16-18-4-2-1-3-5-18/h1-7,9-14H,8,15-17,24H2,(H,25,26). The molecule has 0 bridgehead atoms. The highest BCUT2D eigenvalue weighted by Crippen LogP contribution is 2.17. The number of hydrogen-bond donors (Lipinski definition) is 2. The first-order valence-corrected chi connectivity index (χ1v) is 9.10. The van der Waals surface area contributed by atoms with E-state index >= 15 is 0 Å². The molecule has 0 heterocycles. The van der Waals surface area contributed by atoms with Crippen molar-refractivity contribution in [3.63, 3.8) is 0 Å². The van der Waals surface area contributed by atoms with Crippen LogP contribution in [-0.4, -0.2) is 12.5 Å². The van der Waals surface area contributed by atoms with Crippen LogP contribution >= 0.6 is 0 Å². The Kier molecular flexibility index (Phi) is 6.47. The summed E-state index contributed by atoms with van der Waals surface area (Å²) in [6.45, 7) is 0.622. The molecule has 0 aliphatic heterocycles. The van der Waals surface area contributed by atoms with Crippen molar-refractivity contribution in [2.45, 2.75) is 19.3 Å². The molecule has 27 heavy (non-hydrogen) atoms. The number of aryl methyl sites for hydroxylation is 1. The summed E-state index contributed by atoms with van der Waals surface area (Å²) in [5.41, 5.74) is 9.52. The van der Waals surface area contributed by atoms with Crippen LogP contribution in [0.2, 0.25) is 0 Å². The Morgan fingerprint density at radius 3 is 2.19 bits per heavy atom. The zero-order valence-electron chi connectivity index (χ0n) is 15.2. The fourth-order valence-corrected chi connectivity index (χ4v) is 2.73. The van der Waals surface area contributed by atoms with Gasteiger partial charge in [0.05, 0.1) is 6.61 Å². The van der Waals surface area contributed by atoms with Crippen LogP contribution in [0.25, 0.3) is 0 Å². The predicted octanol–water partition coefficient (Wildman–Crippen LogP) is 4.46. The number of nitrogens with two attached hydrogens (primary N) is 1. The summed E-state index contributed by atoms with van der Waals surface area (Å²) in [6.07, 6.45) is 1.98. The van der Waals surface area contributed by atoms with E-state index in [1.807, 2.05) is 66.7 Å².